The molecule has 1 N–H and O–H groups in total. The SMILES string of the molecule is N#Cc1cnc2ccc(Cl)cc2c1NCCC(=O)N1CCN(c2ccccn2)CC1. The Bertz CT molecular complexity index is 1090. The second kappa shape index (κ2) is 8.97. The number of halogens is 1. The molecule has 1 saturated heterocycles. The van der Waals surface area contributed by atoms with Crippen molar-refractivity contribution in [3.05, 3.63) is 59.4 Å². The minimum atomic E-state index is 0.0954. The van der Waals surface area contributed by atoms with E-state index in [0.29, 0.717) is 42.3 Å². The topological polar surface area (TPSA) is 85.1 Å². The van der Waals surface area contributed by atoms with E-state index in [1.165, 1.54) is 6.20 Å². The van der Waals surface area contributed by atoms with E-state index in [9.17, 15) is 10.1 Å². The van der Waals surface area contributed by atoms with Gasteiger partial charge in [-0.2, -0.15) is 5.26 Å². The molecule has 3 aromatic rings. The number of rotatable bonds is 5. The minimum absolute atomic E-state index is 0.0954. The van der Waals surface area contributed by atoms with Gasteiger partial charge < -0.3 is 15.1 Å². The van der Waals surface area contributed by atoms with Gasteiger partial charge >= 0.3 is 0 Å². The molecule has 8 heteroatoms. The van der Waals surface area contributed by atoms with Crippen molar-refractivity contribution in [2.45, 2.75) is 6.42 Å². The Morgan fingerprint density at radius 3 is 2.73 bits per heavy atom. The Balaban J connectivity index is 1.35. The average molecular weight is 421 g/mol. The monoisotopic (exact) mass is 420 g/mol. The number of nitriles is 1. The number of hydrogen-bond acceptors (Lipinski definition) is 6. The van der Waals surface area contributed by atoms with Gasteiger partial charge in [-0.1, -0.05) is 17.7 Å². The number of nitrogens with one attached hydrogen (secondary N) is 1. The summed E-state index contributed by atoms with van der Waals surface area (Å²) in [6, 6.07) is 13.4. The fourth-order valence-electron chi connectivity index (χ4n) is 3.62. The van der Waals surface area contributed by atoms with Crippen LogP contribution in [0.3, 0.4) is 0 Å². The lowest BCUT2D eigenvalue weighted by Gasteiger charge is -2.35. The molecule has 0 saturated carbocycles. The van der Waals surface area contributed by atoms with Gasteiger partial charge in [0.15, 0.2) is 0 Å². The molecule has 1 fully saturated rings. The van der Waals surface area contributed by atoms with Crippen molar-refractivity contribution in [1.29, 1.82) is 5.26 Å². The first-order valence-electron chi connectivity index (χ1n) is 9.81. The van der Waals surface area contributed by atoms with Gasteiger partial charge in [0.2, 0.25) is 5.91 Å². The van der Waals surface area contributed by atoms with E-state index in [0.717, 1.165) is 29.8 Å². The zero-order valence-corrected chi connectivity index (χ0v) is 17.1. The molecule has 1 aliphatic rings. The molecular weight excluding hydrogens is 400 g/mol. The highest BCUT2D eigenvalue weighted by Crippen LogP contribution is 2.28. The summed E-state index contributed by atoms with van der Waals surface area (Å²) >= 11 is 6.12. The van der Waals surface area contributed by atoms with Crippen LogP contribution in [0.25, 0.3) is 10.9 Å². The number of hydrogen-bond donors (Lipinski definition) is 1. The number of aromatic nitrogens is 2. The molecule has 7 nitrogen and oxygen atoms in total. The van der Waals surface area contributed by atoms with E-state index in [1.54, 1.807) is 18.3 Å². The second-order valence-corrected chi connectivity index (χ2v) is 7.49. The van der Waals surface area contributed by atoms with Crippen LogP contribution in [-0.2, 0) is 4.79 Å². The third kappa shape index (κ3) is 4.29. The molecule has 2 aromatic heterocycles. The Hall–Kier alpha value is -3.37. The molecule has 1 aromatic carbocycles. The Labute approximate surface area is 179 Å². The second-order valence-electron chi connectivity index (χ2n) is 7.05. The van der Waals surface area contributed by atoms with E-state index in [4.69, 9.17) is 11.6 Å². The summed E-state index contributed by atoms with van der Waals surface area (Å²) in [5.41, 5.74) is 1.84. The normalized spacial score (nSPS) is 13.9. The number of piperazine rings is 1. The molecule has 0 aliphatic carbocycles. The molecule has 1 amide bonds. The molecular formula is C22H21ClN6O. The third-order valence-electron chi connectivity index (χ3n) is 5.20. The van der Waals surface area contributed by atoms with Crippen LogP contribution in [0, 0.1) is 11.3 Å². The number of benzene rings is 1. The Morgan fingerprint density at radius 2 is 2.00 bits per heavy atom. The van der Waals surface area contributed by atoms with Crippen molar-refractivity contribution < 1.29 is 4.79 Å². The smallest absolute Gasteiger partial charge is 0.224 e. The van der Waals surface area contributed by atoms with Gasteiger partial charge in [-0.15, -0.1) is 0 Å². The first-order chi connectivity index (χ1) is 14.7. The summed E-state index contributed by atoms with van der Waals surface area (Å²) in [6.07, 6.45) is 3.67. The standard InChI is InChI=1S/C22H21ClN6O/c23-17-4-5-19-18(13-17)22(16(14-24)15-27-19)26-8-6-21(30)29-11-9-28(10-12-29)20-3-1-2-7-25-20/h1-5,7,13,15H,6,8-12H2,(H,26,27). The summed E-state index contributed by atoms with van der Waals surface area (Å²) in [4.78, 5) is 25.4. The van der Waals surface area contributed by atoms with E-state index >= 15 is 0 Å². The van der Waals surface area contributed by atoms with Gasteiger partial charge in [0, 0.05) is 61.9 Å². The zero-order valence-electron chi connectivity index (χ0n) is 16.4. The van der Waals surface area contributed by atoms with Crippen LogP contribution in [0.2, 0.25) is 5.02 Å². The average Bonchev–Trinajstić information content (AvgIpc) is 2.79. The van der Waals surface area contributed by atoms with Crippen molar-refractivity contribution in [2.24, 2.45) is 0 Å². The highest BCUT2D eigenvalue weighted by Gasteiger charge is 2.21. The van der Waals surface area contributed by atoms with Crippen molar-refractivity contribution in [3.8, 4) is 6.07 Å². The van der Waals surface area contributed by atoms with Gasteiger partial charge in [0.25, 0.3) is 0 Å². The molecule has 0 radical (unpaired) electrons. The van der Waals surface area contributed by atoms with Gasteiger partial charge in [-0.05, 0) is 30.3 Å². The molecule has 152 valence electrons. The molecule has 0 spiro atoms. The first-order valence-corrected chi connectivity index (χ1v) is 10.2. The van der Waals surface area contributed by atoms with Crippen LogP contribution < -0.4 is 10.2 Å². The van der Waals surface area contributed by atoms with Crippen LogP contribution in [0.5, 0.6) is 0 Å². The number of carbonyl (C=O) groups excluding carboxylic acids is 1. The number of pyridine rings is 2. The van der Waals surface area contributed by atoms with E-state index in [-0.39, 0.29) is 5.91 Å². The number of nitrogens with zero attached hydrogens (tertiary/aromatic N) is 5. The quantitative estimate of drug-likeness (QED) is 0.681. The molecule has 3 heterocycles. The lowest BCUT2D eigenvalue weighted by molar-refractivity contribution is -0.131. The van der Waals surface area contributed by atoms with Gasteiger partial charge in [-0.3, -0.25) is 9.78 Å². The van der Waals surface area contributed by atoms with Crippen LogP contribution in [-0.4, -0.2) is 53.5 Å². The van der Waals surface area contributed by atoms with Crippen molar-refractivity contribution in [2.75, 3.05) is 42.9 Å². The van der Waals surface area contributed by atoms with Crippen molar-refractivity contribution in [3.63, 3.8) is 0 Å². The Kier molecular flexibility index (Phi) is 5.96. The molecule has 1 aliphatic heterocycles. The van der Waals surface area contributed by atoms with Gasteiger partial charge in [0.1, 0.15) is 11.9 Å². The first kappa shape index (κ1) is 19.9. The lowest BCUT2D eigenvalue weighted by Crippen LogP contribution is -2.49. The maximum atomic E-state index is 12.7. The summed E-state index contributed by atoms with van der Waals surface area (Å²) in [5.74, 6) is 1.04. The zero-order chi connectivity index (χ0) is 20.9. The number of amides is 1. The van der Waals surface area contributed by atoms with Crippen LogP contribution in [0.1, 0.15) is 12.0 Å². The number of fused-ring (bicyclic) bond motifs is 1. The lowest BCUT2D eigenvalue weighted by atomic mass is 10.1. The fraction of sp³-hybridized carbons (Fsp3) is 0.273. The van der Waals surface area contributed by atoms with Gasteiger partial charge in [0.05, 0.1) is 16.8 Å². The van der Waals surface area contributed by atoms with E-state index in [2.05, 4.69) is 26.3 Å². The minimum Gasteiger partial charge on any atom is -0.383 e. The number of carbonyl (C=O) groups is 1. The maximum Gasteiger partial charge on any atom is 0.224 e. The maximum absolute atomic E-state index is 12.7. The summed E-state index contributed by atoms with van der Waals surface area (Å²) in [5, 5.41) is 14.0. The largest absolute Gasteiger partial charge is 0.383 e. The van der Waals surface area contributed by atoms with Gasteiger partial charge in [-0.25, -0.2) is 4.98 Å². The summed E-state index contributed by atoms with van der Waals surface area (Å²) < 4.78 is 0. The molecule has 0 unspecified atom stereocenters. The Morgan fingerprint density at radius 1 is 1.17 bits per heavy atom. The fourth-order valence-corrected chi connectivity index (χ4v) is 3.79. The van der Waals surface area contributed by atoms with Crippen molar-refractivity contribution in [1.82, 2.24) is 14.9 Å². The highest BCUT2D eigenvalue weighted by atomic mass is 35.5. The van der Waals surface area contributed by atoms with Crippen LogP contribution in [0.15, 0.2) is 48.8 Å². The van der Waals surface area contributed by atoms with Crippen LogP contribution in [0.4, 0.5) is 11.5 Å². The third-order valence-corrected chi connectivity index (χ3v) is 5.43. The van der Waals surface area contributed by atoms with Crippen LogP contribution >= 0.6 is 11.6 Å². The molecule has 4 rings (SSSR count). The van der Waals surface area contributed by atoms with Crippen molar-refractivity contribution >= 4 is 39.9 Å². The summed E-state index contributed by atoms with van der Waals surface area (Å²) in [6.45, 7) is 3.31. The predicted molar refractivity (Wildman–Crippen MR) is 118 cm³/mol. The van der Waals surface area contributed by atoms with E-state index < -0.39 is 0 Å². The molecule has 0 bridgehead atoms. The highest BCUT2D eigenvalue weighted by molar-refractivity contribution is 6.31. The molecule has 0 atom stereocenters. The predicted octanol–water partition coefficient (Wildman–Crippen LogP) is 3.31. The van der Waals surface area contributed by atoms with E-state index in [1.807, 2.05) is 29.2 Å². The number of anilines is 2. The summed E-state index contributed by atoms with van der Waals surface area (Å²) in [7, 11) is 0. The molecule has 30 heavy (non-hydrogen) atoms.